The summed E-state index contributed by atoms with van der Waals surface area (Å²) in [6.07, 6.45) is 0. The highest BCUT2D eigenvalue weighted by Crippen LogP contribution is 2.41. The van der Waals surface area contributed by atoms with Gasteiger partial charge < -0.3 is 38.3 Å². The summed E-state index contributed by atoms with van der Waals surface area (Å²) in [4.78, 5) is 48.6. The highest BCUT2D eigenvalue weighted by atomic mass is 16.6. The number of nitrogens with zero attached hydrogens (tertiary/aromatic N) is 1. The van der Waals surface area contributed by atoms with Gasteiger partial charge in [-0.25, -0.2) is 19.2 Å². The van der Waals surface area contributed by atoms with Crippen LogP contribution in [-0.2, 0) is 49.9 Å². The van der Waals surface area contributed by atoms with E-state index in [4.69, 9.17) is 9.47 Å². The van der Waals surface area contributed by atoms with Crippen molar-refractivity contribution in [3.05, 3.63) is 125 Å². The number of esters is 4. The number of benzene rings is 3. The smallest absolute Gasteiger partial charge is 0.339 e. The monoisotopic (exact) mass is 737 g/mol. The van der Waals surface area contributed by atoms with Crippen LogP contribution >= 0.6 is 0 Å². The number of methoxy groups -OCH3 is 7. The Morgan fingerprint density at radius 1 is 0.463 bits per heavy atom. The van der Waals surface area contributed by atoms with Crippen LogP contribution in [0.4, 0.5) is 0 Å². The van der Waals surface area contributed by atoms with Gasteiger partial charge in [0.1, 0.15) is 18.5 Å². The molecule has 0 aliphatic heterocycles. The maximum absolute atomic E-state index is 12.1. The molecule has 3 aromatic carbocycles. The molecule has 0 saturated carbocycles. The van der Waals surface area contributed by atoms with Crippen molar-refractivity contribution < 1.29 is 62.0 Å². The van der Waals surface area contributed by atoms with Gasteiger partial charge in [0, 0.05) is 28.8 Å². The van der Waals surface area contributed by atoms with Crippen LogP contribution < -0.4 is 19.1 Å². The average Bonchev–Trinajstić information content (AvgIpc) is 3.59. The molecule has 0 atom stereocenters. The van der Waals surface area contributed by atoms with Crippen LogP contribution in [0.25, 0.3) is 33.6 Å². The Morgan fingerprint density at radius 3 is 1.17 bits per heavy atom. The average molecular weight is 738 g/mol. The van der Waals surface area contributed by atoms with Gasteiger partial charge in [-0.15, -0.1) is 0 Å². The lowest BCUT2D eigenvalue weighted by atomic mass is 9.99. The molecule has 0 amide bonds. The molecule has 54 heavy (non-hydrogen) atoms. The van der Waals surface area contributed by atoms with Gasteiger partial charge in [-0.2, -0.15) is 4.57 Å². The van der Waals surface area contributed by atoms with Gasteiger partial charge >= 0.3 is 23.9 Å². The highest BCUT2D eigenvalue weighted by molar-refractivity contribution is 6.22. The fourth-order valence-corrected chi connectivity index (χ4v) is 5.69. The van der Waals surface area contributed by atoms with Crippen molar-refractivity contribution in [2.45, 2.75) is 0 Å². The fourth-order valence-electron chi connectivity index (χ4n) is 5.69. The predicted molar refractivity (Wildman–Crippen MR) is 193 cm³/mol. The van der Waals surface area contributed by atoms with Crippen LogP contribution in [0.1, 0.15) is 0 Å². The highest BCUT2D eigenvalue weighted by Gasteiger charge is 2.45. The summed E-state index contributed by atoms with van der Waals surface area (Å²) in [5, 5.41) is 12.1. The van der Waals surface area contributed by atoms with Crippen LogP contribution in [0.3, 0.4) is 0 Å². The molecule has 1 aliphatic rings. The third kappa shape index (κ3) is 8.26. The fraction of sp³-hybridized carbons (Fsp3) is 0.195. The maximum atomic E-state index is 12.1. The Hall–Kier alpha value is -6.89. The summed E-state index contributed by atoms with van der Waals surface area (Å²) in [5.74, 6) is -4.12. The Kier molecular flexibility index (Phi) is 13.3. The SMILES string of the molecule is COC(=O)C1=C(C(=O)OC)C(C(=O)OC)=C(C(=O)OC)C1=C([O-])OC.COc1ccc(-c2cc(-c3ccccc3)cc(-c3ccc(OC)cc3)[n+]2C)cc1. The molecule has 1 aliphatic carbocycles. The quantitative estimate of drug-likeness (QED) is 0.0997. The van der Waals surface area contributed by atoms with E-state index in [9.17, 15) is 24.3 Å². The summed E-state index contributed by atoms with van der Waals surface area (Å²) in [6.45, 7) is 0. The van der Waals surface area contributed by atoms with E-state index in [-0.39, 0.29) is 0 Å². The number of ether oxygens (including phenoxy) is 7. The Labute approximate surface area is 312 Å². The number of carbonyl (C=O) groups excluding carboxylic acids is 4. The van der Waals surface area contributed by atoms with Crippen molar-refractivity contribution >= 4 is 23.9 Å². The van der Waals surface area contributed by atoms with Gasteiger partial charge in [0.15, 0.2) is 0 Å². The van der Waals surface area contributed by atoms with E-state index in [0.717, 1.165) is 69.6 Å². The zero-order valence-electron chi connectivity index (χ0n) is 31.0. The van der Waals surface area contributed by atoms with Gasteiger partial charge in [-0.05, 0) is 66.8 Å². The van der Waals surface area contributed by atoms with Crippen molar-refractivity contribution in [1.29, 1.82) is 0 Å². The molecule has 0 unspecified atom stereocenters. The number of hydrogen-bond donors (Lipinski definition) is 0. The first kappa shape index (κ1) is 39.9. The molecule has 0 saturated heterocycles. The summed E-state index contributed by atoms with van der Waals surface area (Å²) in [6, 6.07) is 31.3. The number of carbonyl (C=O) groups is 4. The van der Waals surface area contributed by atoms with Crippen LogP contribution in [0.5, 0.6) is 11.5 Å². The lowest BCUT2D eigenvalue weighted by Gasteiger charge is -2.16. The Balaban J connectivity index is 0.000000244. The molecular formula is C41H39NO12. The first-order chi connectivity index (χ1) is 26.0. The minimum atomic E-state index is -1.17. The molecule has 0 radical (unpaired) electrons. The van der Waals surface area contributed by atoms with E-state index in [0.29, 0.717) is 0 Å². The lowest BCUT2D eigenvalue weighted by Crippen LogP contribution is -2.34. The first-order valence-corrected chi connectivity index (χ1v) is 16.2. The molecule has 13 nitrogen and oxygen atoms in total. The molecule has 1 heterocycles. The molecule has 0 bridgehead atoms. The molecule has 13 heteroatoms. The van der Waals surface area contributed by atoms with E-state index in [1.165, 1.54) is 11.1 Å². The van der Waals surface area contributed by atoms with Gasteiger partial charge in [0.25, 0.3) is 0 Å². The van der Waals surface area contributed by atoms with E-state index in [2.05, 4.69) is 96.0 Å². The van der Waals surface area contributed by atoms with E-state index in [1.807, 2.05) is 30.3 Å². The van der Waals surface area contributed by atoms with Crippen LogP contribution in [0.2, 0.25) is 0 Å². The molecule has 0 N–H and O–H groups in total. The summed E-state index contributed by atoms with van der Waals surface area (Å²) >= 11 is 0. The van der Waals surface area contributed by atoms with Crippen LogP contribution in [0, 0.1) is 0 Å². The van der Waals surface area contributed by atoms with Crippen molar-refractivity contribution in [3.63, 3.8) is 0 Å². The third-order valence-electron chi connectivity index (χ3n) is 8.38. The van der Waals surface area contributed by atoms with E-state index in [1.54, 1.807) is 14.2 Å². The van der Waals surface area contributed by atoms with Crippen molar-refractivity contribution in [3.8, 4) is 45.1 Å². The second kappa shape index (κ2) is 18.0. The normalized spacial score (nSPS) is 11.9. The van der Waals surface area contributed by atoms with E-state index < -0.39 is 57.7 Å². The summed E-state index contributed by atoms with van der Waals surface area (Å²) < 4.78 is 35.6. The number of hydrogen-bond acceptors (Lipinski definition) is 12. The van der Waals surface area contributed by atoms with Crippen molar-refractivity contribution in [2.24, 2.45) is 7.05 Å². The molecule has 5 rings (SSSR count). The third-order valence-corrected chi connectivity index (χ3v) is 8.38. The first-order valence-electron chi connectivity index (χ1n) is 16.2. The molecule has 280 valence electrons. The minimum absolute atomic E-state index is 0.665. The Bertz CT molecular complexity index is 2010. The second-order valence-corrected chi connectivity index (χ2v) is 11.2. The maximum Gasteiger partial charge on any atom is 0.339 e. The molecular weight excluding hydrogens is 698 g/mol. The van der Waals surface area contributed by atoms with Gasteiger partial charge in [-0.3, -0.25) is 0 Å². The predicted octanol–water partition coefficient (Wildman–Crippen LogP) is 4.03. The topological polar surface area (TPSA) is 160 Å². The minimum Gasteiger partial charge on any atom is -0.616 e. The van der Waals surface area contributed by atoms with Gasteiger partial charge in [-0.1, -0.05) is 30.3 Å². The van der Waals surface area contributed by atoms with Crippen LogP contribution in [-0.4, -0.2) is 73.6 Å². The molecule has 1 aromatic heterocycles. The Morgan fingerprint density at radius 2 is 0.833 bits per heavy atom. The van der Waals surface area contributed by atoms with Crippen molar-refractivity contribution in [2.75, 3.05) is 49.8 Å². The zero-order valence-corrected chi connectivity index (χ0v) is 31.0. The van der Waals surface area contributed by atoms with Crippen molar-refractivity contribution in [1.82, 2.24) is 0 Å². The molecule has 4 aromatic rings. The number of rotatable bonds is 10. The van der Waals surface area contributed by atoms with E-state index >= 15 is 0 Å². The largest absolute Gasteiger partial charge is 0.616 e. The van der Waals surface area contributed by atoms with Gasteiger partial charge in [0.2, 0.25) is 11.4 Å². The number of aromatic nitrogens is 1. The lowest BCUT2D eigenvalue weighted by molar-refractivity contribution is -0.649. The second-order valence-electron chi connectivity index (χ2n) is 11.2. The zero-order chi connectivity index (χ0) is 39.5. The summed E-state index contributed by atoms with van der Waals surface area (Å²) in [5.41, 5.74) is 3.61. The molecule has 0 spiro atoms. The number of pyridine rings is 1. The molecule has 0 fully saturated rings. The standard InChI is InChI=1S/C26H24NO2.C15H16O10/c1-27-25(20-9-13-23(28-2)14-10-20)17-22(19-7-5-4-6-8-19)18-26(27)21-11-15-24(29-3)16-12-21;1-21-11(16)6-7(12(17)22-2)9(14(19)24-4)10(15(20)25-5)8(6)13(18)23-3/h4-18H,1-3H3;16H,1-5H3/q+1;/p-1. The van der Waals surface area contributed by atoms with Crippen LogP contribution in [0.15, 0.2) is 125 Å². The summed E-state index contributed by atoms with van der Waals surface area (Å²) in [7, 11) is 10.4. The van der Waals surface area contributed by atoms with Gasteiger partial charge in [0.05, 0.1) is 70.9 Å².